The topological polar surface area (TPSA) is 69.7 Å². The van der Waals surface area contributed by atoms with Gasteiger partial charge in [0, 0.05) is 26.2 Å². The maximum absolute atomic E-state index is 12.9. The summed E-state index contributed by atoms with van der Waals surface area (Å²) in [5, 5.41) is 3.14. The van der Waals surface area contributed by atoms with E-state index in [2.05, 4.69) is 23.2 Å². The Morgan fingerprint density at radius 2 is 1.79 bits per heavy atom. The van der Waals surface area contributed by atoms with Gasteiger partial charge in [-0.2, -0.15) is 4.31 Å². The molecule has 0 aliphatic carbocycles. The third kappa shape index (κ3) is 6.35. The first-order valence-corrected chi connectivity index (χ1v) is 13.3. The van der Waals surface area contributed by atoms with E-state index in [9.17, 15) is 13.2 Å². The number of nitrogens with zero attached hydrogens (tertiary/aromatic N) is 2. The number of sulfonamides is 1. The van der Waals surface area contributed by atoms with Crippen molar-refractivity contribution in [2.24, 2.45) is 5.92 Å². The van der Waals surface area contributed by atoms with E-state index >= 15 is 0 Å². The van der Waals surface area contributed by atoms with Crippen molar-refractivity contribution < 1.29 is 13.2 Å². The standard InChI is InChI=1S/C25H34ClN3O3S/c1-18(2)28(4)33(31,32)22-9-10-24(26)23(15-22)25(30)27-16-20-7-5-6-8-21(20)17-29-13-11-19(3)12-14-29/h5-10,15,18-19H,11-14,16-17H2,1-4H3,(H,27,30). The first kappa shape index (κ1) is 25.7. The average Bonchev–Trinajstić information content (AvgIpc) is 2.79. The van der Waals surface area contributed by atoms with E-state index in [-0.39, 0.29) is 21.5 Å². The second kappa shape index (κ2) is 11.0. The molecule has 33 heavy (non-hydrogen) atoms. The third-order valence-corrected chi connectivity index (χ3v) is 8.77. The summed E-state index contributed by atoms with van der Waals surface area (Å²) in [4.78, 5) is 15.4. The number of hydrogen-bond acceptors (Lipinski definition) is 4. The summed E-state index contributed by atoms with van der Waals surface area (Å²) in [5.41, 5.74) is 2.38. The summed E-state index contributed by atoms with van der Waals surface area (Å²) in [6.45, 7) is 9.26. The van der Waals surface area contributed by atoms with Crippen LogP contribution in [-0.2, 0) is 23.1 Å². The Labute approximate surface area is 203 Å². The predicted octanol–water partition coefficient (Wildman–Crippen LogP) is 4.53. The Kier molecular flexibility index (Phi) is 8.56. The fourth-order valence-electron chi connectivity index (χ4n) is 3.90. The van der Waals surface area contributed by atoms with Crippen LogP contribution in [0.3, 0.4) is 0 Å². The summed E-state index contributed by atoms with van der Waals surface area (Å²) in [6.07, 6.45) is 2.42. The van der Waals surface area contributed by atoms with Crippen LogP contribution in [0.15, 0.2) is 47.4 Å². The van der Waals surface area contributed by atoms with E-state index in [0.717, 1.165) is 31.1 Å². The summed E-state index contributed by atoms with van der Waals surface area (Å²) >= 11 is 6.26. The number of amides is 1. The Morgan fingerprint density at radius 3 is 2.42 bits per heavy atom. The lowest BCUT2D eigenvalue weighted by Crippen LogP contribution is -2.33. The van der Waals surface area contributed by atoms with Gasteiger partial charge in [0.15, 0.2) is 0 Å². The lowest BCUT2D eigenvalue weighted by molar-refractivity contribution is 0.0950. The molecule has 0 aromatic heterocycles. The maximum atomic E-state index is 12.9. The van der Waals surface area contributed by atoms with Gasteiger partial charge in [0.1, 0.15) is 0 Å². The number of benzene rings is 2. The monoisotopic (exact) mass is 491 g/mol. The van der Waals surface area contributed by atoms with Gasteiger partial charge in [0.05, 0.1) is 15.5 Å². The largest absolute Gasteiger partial charge is 0.348 e. The molecule has 1 amide bonds. The summed E-state index contributed by atoms with van der Waals surface area (Å²) in [7, 11) is -2.19. The molecule has 1 heterocycles. The third-order valence-electron chi connectivity index (χ3n) is 6.41. The van der Waals surface area contributed by atoms with Gasteiger partial charge in [0.2, 0.25) is 10.0 Å². The van der Waals surface area contributed by atoms with Crippen LogP contribution in [0.4, 0.5) is 0 Å². The van der Waals surface area contributed by atoms with Crippen molar-refractivity contribution in [1.29, 1.82) is 0 Å². The Morgan fingerprint density at radius 1 is 1.15 bits per heavy atom. The SMILES string of the molecule is CC1CCN(Cc2ccccc2CNC(=O)c2cc(S(=O)(=O)N(C)C(C)C)ccc2Cl)CC1. The van der Waals surface area contributed by atoms with Crippen molar-refractivity contribution in [3.8, 4) is 0 Å². The van der Waals surface area contributed by atoms with Crippen molar-refractivity contribution in [2.75, 3.05) is 20.1 Å². The van der Waals surface area contributed by atoms with Crippen molar-refractivity contribution in [2.45, 2.75) is 57.6 Å². The van der Waals surface area contributed by atoms with Crippen LogP contribution in [0.5, 0.6) is 0 Å². The van der Waals surface area contributed by atoms with Gasteiger partial charge in [-0.05, 0) is 75.0 Å². The molecule has 0 saturated carbocycles. The molecular weight excluding hydrogens is 458 g/mol. The lowest BCUT2D eigenvalue weighted by atomic mass is 9.98. The Hall–Kier alpha value is -1.93. The number of rotatable bonds is 8. The van der Waals surface area contributed by atoms with E-state index in [1.54, 1.807) is 13.8 Å². The lowest BCUT2D eigenvalue weighted by Gasteiger charge is -2.30. The van der Waals surface area contributed by atoms with E-state index < -0.39 is 15.9 Å². The minimum absolute atomic E-state index is 0.0491. The van der Waals surface area contributed by atoms with Crippen molar-refractivity contribution in [3.63, 3.8) is 0 Å². The fraction of sp³-hybridized carbons (Fsp3) is 0.480. The van der Waals surface area contributed by atoms with Crippen LogP contribution in [0, 0.1) is 5.92 Å². The molecule has 6 nitrogen and oxygen atoms in total. The number of likely N-dealkylation sites (tertiary alicyclic amines) is 1. The van der Waals surface area contributed by atoms with Crippen LogP contribution in [0.25, 0.3) is 0 Å². The average molecular weight is 492 g/mol. The molecule has 2 aromatic rings. The smallest absolute Gasteiger partial charge is 0.253 e. The van der Waals surface area contributed by atoms with Crippen molar-refractivity contribution in [3.05, 3.63) is 64.2 Å². The van der Waals surface area contributed by atoms with Gasteiger partial charge < -0.3 is 5.32 Å². The summed E-state index contributed by atoms with van der Waals surface area (Å²) in [6, 6.07) is 12.1. The summed E-state index contributed by atoms with van der Waals surface area (Å²) < 4.78 is 27.0. The maximum Gasteiger partial charge on any atom is 0.253 e. The highest BCUT2D eigenvalue weighted by atomic mass is 35.5. The molecule has 0 spiro atoms. The second-order valence-electron chi connectivity index (χ2n) is 9.17. The zero-order chi connectivity index (χ0) is 24.2. The van der Waals surface area contributed by atoms with Crippen LogP contribution in [0.2, 0.25) is 5.02 Å². The zero-order valence-corrected chi connectivity index (χ0v) is 21.4. The van der Waals surface area contributed by atoms with Crippen molar-refractivity contribution in [1.82, 2.24) is 14.5 Å². The molecule has 0 radical (unpaired) electrons. The number of hydrogen-bond donors (Lipinski definition) is 1. The number of carbonyl (C=O) groups is 1. The molecule has 1 aliphatic rings. The van der Waals surface area contributed by atoms with E-state index in [1.165, 1.54) is 48.0 Å². The van der Waals surface area contributed by atoms with Crippen LogP contribution in [0.1, 0.15) is 55.1 Å². The van der Waals surface area contributed by atoms with Gasteiger partial charge in [-0.3, -0.25) is 9.69 Å². The number of halogens is 1. The Bertz CT molecular complexity index is 1080. The highest BCUT2D eigenvalue weighted by Crippen LogP contribution is 2.24. The van der Waals surface area contributed by atoms with Crippen LogP contribution >= 0.6 is 11.6 Å². The highest BCUT2D eigenvalue weighted by Gasteiger charge is 2.25. The van der Waals surface area contributed by atoms with E-state index in [1.807, 2.05) is 18.2 Å². The number of nitrogens with one attached hydrogen (secondary N) is 1. The molecular formula is C25H34ClN3O3S. The molecule has 2 aromatic carbocycles. The quantitative estimate of drug-likeness (QED) is 0.589. The van der Waals surface area contributed by atoms with Gasteiger partial charge in [-0.15, -0.1) is 0 Å². The van der Waals surface area contributed by atoms with Crippen LogP contribution in [-0.4, -0.2) is 49.7 Å². The second-order valence-corrected chi connectivity index (χ2v) is 11.6. The number of carbonyl (C=O) groups excluding carboxylic acids is 1. The van der Waals surface area contributed by atoms with Gasteiger partial charge in [-0.25, -0.2) is 8.42 Å². The van der Waals surface area contributed by atoms with E-state index in [0.29, 0.717) is 6.54 Å². The van der Waals surface area contributed by atoms with Gasteiger partial charge in [0.25, 0.3) is 5.91 Å². The van der Waals surface area contributed by atoms with Crippen molar-refractivity contribution >= 4 is 27.5 Å². The molecule has 1 N–H and O–H groups in total. The highest BCUT2D eigenvalue weighted by molar-refractivity contribution is 7.89. The normalized spacial score (nSPS) is 15.8. The van der Waals surface area contributed by atoms with Gasteiger partial charge in [-0.1, -0.05) is 42.8 Å². The fourth-order valence-corrected chi connectivity index (χ4v) is 5.50. The number of piperidine rings is 1. The molecule has 3 rings (SSSR count). The van der Waals surface area contributed by atoms with Gasteiger partial charge >= 0.3 is 0 Å². The Balaban J connectivity index is 1.73. The molecule has 8 heteroatoms. The molecule has 180 valence electrons. The minimum atomic E-state index is -3.72. The molecule has 0 bridgehead atoms. The first-order chi connectivity index (χ1) is 15.6. The first-order valence-electron chi connectivity index (χ1n) is 11.4. The summed E-state index contributed by atoms with van der Waals surface area (Å²) in [5.74, 6) is 0.381. The molecule has 0 atom stereocenters. The predicted molar refractivity (Wildman–Crippen MR) is 133 cm³/mol. The van der Waals surface area contributed by atoms with E-state index in [4.69, 9.17) is 11.6 Å². The molecule has 1 fully saturated rings. The minimum Gasteiger partial charge on any atom is -0.348 e. The molecule has 0 unspecified atom stereocenters. The van der Waals surface area contributed by atoms with Crippen LogP contribution < -0.4 is 5.32 Å². The molecule has 1 aliphatic heterocycles. The molecule has 1 saturated heterocycles. The zero-order valence-electron chi connectivity index (χ0n) is 19.8.